The zero-order chi connectivity index (χ0) is 12.8. The van der Waals surface area contributed by atoms with Gasteiger partial charge in [-0.05, 0) is 12.1 Å². The molecule has 6 nitrogen and oxygen atoms in total. The maximum Gasteiger partial charge on any atom is 0.258 e. The molecule has 1 amide bonds. The van der Waals surface area contributed by atoms with E-state index in [4.69, 9.17) is 10.00 Å². The van der Waals surface area contributed by atoms with Gasteiger partial charge in [-0.1, -0.05) is 12.1 Å². The number of para-hydroxylation sites is 2. The molecule has 0 aliphatic rings. The third kappa shape index (κ3) is 2.65. The Labute approximate surface area is 103 Å². The standard InChI is InChI=1S/C12H10N4O2/c13-5-6-18-11-4-2-1-3-10(11)16-12(17)9-7-14-15-8-9/h1-4,7-8H,6H2,(H,14,15)(H,16,17). The van der Waals surface area contributed by atoms with Crippen LogP contribution in [0.1, 0.15) is 10.4 Å². The van der Waals surface area contributed by atoms with Crippen molar-refractivity contribution in [2.45, 2.75) is 0 Å². The lowest BCUT2D eigenvalue weighted by atomic mass is 10.2. The van der Waals surface area contributed by atoms with Crippen LogP contribution in [0.4, 0.5) is 5.69 Å². The van der Waals surface area contributed by atoms with Crippen LogP contribution in [0.3, 0.4) is 0 Å². The smallest absolute Gasteiger partial charge is 0.258 e. The molecule has 90 valence electrons. The lowest BCUT2D eigenvalue weighted by Gasteiger charge is -2.09. The Kier molecular flexibility index (Phi) is 3.56. The molecule has 1 aromatic heterocycles. The van der Waals surface area contributed by atoms with E-state index in [0.29, 0.717) is 17.0 Å². The number of nitriles is 1. The molecule has 0 radical (unpaired) electrons. The van der Waals surface area contributed by atoms with Crippen molar-refractivity contribution in [3.63, 3.8) is 0 Å². The highest BCUT2D eigenvalue weighted by atomic mass is 16.5. The molecular formula is C12H10N4O2. The van der Waals surface area contributed by atoms with Crippen LogP contribution in [-0.2, 0) is 0 Å². The van der Waals surface area contributed by atoms with Gasteiger partial charge in [-0.15, -0.1) is 0 Å². The fourth-order valence-electron chi connectivity index (χ4n) is 1.38. The summed E-state index contributed by atoms with van der Waals surface area (Å²) in [5, 5.41) is 17.4. The molecule has 0 saturated carbocycles. The quantitative estimate of drug-likeness (QED) is 0.851. The van der Waals surface area contributed by atoms with E-state index < -0.39 is 0 Å². The van der Waals surface area contributed by atoms with Crippen LogP contribution in [0.25, 0.3) is 0 Å². The van der Waals surface area contributed by atoms with Gasteiger partial charge in [0.1, 0.15) is 11.8 Å². The van der Waals surface area contributed by atoms with Gasteiger partial charge < -0.3 is 10.1 Å². The fourth-order valence-corrected chi connectivity index (χ4v) is 1.38. The molecule has 2 N–H and O–H groups in total. The van der Waals surface area contributed by atoms with Crippen LogP contribution in [0.15, 0.2) is 36.7 Å². The Morgan fingerprint density at radius 3 is 3.06 bits per heavy atom. The van der Waals surface area contributed by atoms with Crippen LogP contribution in [-0.4, -0.2) is 22.7 Å². The lowest BCUT2D eigenvalue weighted by molar-refractivity contribution is 0.102. The highest BCUT2D eigenvalue weighted by Crippen LogP contribution is 2.24. The number of amides is 1. The van der Waals surface area contributed by atoms with Crippen molar-refractivity contribution < 1.29 is 9.53 Å². The summed E-state index contributed by atoms with van der Waals surface area (Å²) < 4.78 is 5.21. The molecule has 0 unspecified atom stereocenters. The summed E-state index contributed by atoms with van der Waals surface area (Å²) in [6, 6.07) is 8.79. The number of aromatic amines is 1. The molecule has 0 saturated heterocycles. The van der Waals surface area contributed by atoms with Crippen molar-refractivity contribution in [1.29, 1.82) is 5.26 Å². The number of aromatic nitrogens is 2. The summed E-state index contributed by atoms with van der Waals surface area (Å²) in [6.07, 6.45) is 2.92. The van der Waals surface area contributed by atoms with Crippen molar-refractivity contribution in [2.75, 3.05) is 11.9 Å². The molecule has 6 heteroatoms. The average molecular weight is 242 g/mol. The summed E-state index contributed by atoms with van der Waals surface area (Å²) in [7, 11) is 0. The van der Waals surface area contributed by atoms with E-state index in [1.165, 1.54) is 12.4 Å². The van der Waals surface area contributed by atoms with Gasteiger partial charge in [0.15, 0.2) is 6.61 Å². The van der Waals surface area contributed by atoms with E-state index in [-0.39, 0.29) is 12.5 Å². The Morgan fingerprint density at radius 1 is 1.50 bits per heavy atom. The Morgan fingerprint density at radius 2 is 2.33 bits per heavy atom. The molecule has 0 fully saturated rings. The second kappa shape index (κ2) is 5.50. The molecular weight excluding hydrogens is 232 g/mol. The molecule has 1 aromatic carbocycles. The normalized spacial score (nSPS) is 9.50. The van der Waals surface area contributed by atoms with Gasteiger partial charge >= 0.3 is 0 Å². The monoisotopic (exact) mass is 242 g/mol. The van der Waals surface area contributed by atoms with Gasteiger partial charge in [0, 0.05) is 6.20 Å². The number of ether oxygens (including phenoxy) is 1. The topological polar surface area (TPSA) is 90.8 Å². The SMILES string of the molecule is N#CCOc1ccccc1NC(=O)c1cn[nH]c1. The molecule has 0 aliphatic heterocycles. The minimum atomic E-state index is -0.295. The average Bonchev–Trinajstić information content (AvgIpc) is 2.91. The van der Waals surface area contributed by atoms with Crippen molar-refractivity contribution in [1.82, 2.24) is 10.2 Å². The number of hydrogen-bond donors (Lipinski definition) is 2. The minimum absolute atomic E-state index is 0.0708. The predicted molar refractivity (Wildman–Crippen MR) is 64.1 cm³/mol. The molecule has 0 spiro atoms. The number of H-pyrrole nitrogens is 1. The molecule has 0 bridgehead atoms. The van der Waals surface area contributed by atoms with Crippen molar-refractivity contribution >= 4 is 11.6 Å². The first-order valence-electron chi connectivity index (χ1n) is 5.20. The third-order valence-corrected chi connectivity index (χ3v) is 2.19. The number of nitrogens with one attached hydrogen (secondary N) is 2. The van der Waals surface area contributed by atoms with Gasteiger partial charge in [0.25, 0.3) is 5.91 Å². The molecule has 2 aromatic rings. The molecule has 2 rings (SSSR count). The van der Waals surface area contributed by atoms with E-state index in [9.17, 15) is 4.79 Å². The molecule has 0 atom stereocenters. The summed E-state index contributed by atoms with van der Waals surface area (Å²) in [5.74, 6) is 0.160. The van der Waals surface area contributed by atoms with Crippen LogP contribution in [0, 0.1) is 11.3 Å². The number of carbonyl (C=O) groups is 1. The van der Waals surface area contributed by atoms with E-state index in [1.807, 2.05) is 6.07 Å². The number of benzene rings is 1. The number of nitrogens with zero attached hydrogens (tertiary/aromatic N) is 2. The summed E-state index contributed by atoms with van der Waals surface area (Å²) in [5.41, 5.74) is 0.934. The van der Waals surface area contributed by atoms with Crippen LogP contribution in [0.5, 0.6) is 5.75 Å². The van der Waals surface area contributed by atoms with Gasteiger partial charge in [-0.25, -0.2) is 0 Å². The molecule has 0 aliphatic carbocycles. The Balaban J connectivity index is 2.14. The van der Waals surface area contributed by atoms with Crippen molar-refractivity contribution in [3.05, 3.63) is 42.2 Å². The molecule has 18 heavy (non-hydrogen) atoms. The summed E-state index contributed by atoms with van der Waals surface area (Å²) >= 11 is 0. The fraction of sp³-hybridized carbons (Fsp3) is 0.0833. The Hall–Kier alpha value is -2.81. The second-order valence-corrected chi connectivity index (χ2v) is 3.38. The number of hydrogen-bond acceptors (Lipinski definition) is 4. The van der Waals surface area contributed by atoms with E-state index in [2.05, 4.69) is 15.5 Å². The first kappa shape index (κ1) is 11.7. The minimum Gasteiger partial charge on any atom is -0.477 e. The zero-order valence-corrected chi connectivity index (χ0v) is 9.38. The summed E-state index contributed by atoms with van der Waals surface area (Å²) in [6.45, 7) is -0.0708. The summed E-state index contributed by atoms with van der Waals surface area (Å²) in [4.78, 5) is 11.8. The highest BCUT2D eigenvalue weighted by molar-refractivity contribution is 6.04. The van der Waals surface area contributed by atoms with Gasteiger partial charge in [-0.2, -0.15) is 10.4 Å². The van der Waals surface area contributed by atoms with Gasteiger partial charge in [-0.3, -0.25) is 9.89 Å². The maximum absolute atomic E-state index is 11.8. The van der Waals surface area contributed by atoms with E-state index >= 15 is 0 Å². The van der Waals surface area contributed by atoms with Crippen molar-refractivity contribution in [3.8, 4) is 11.8 Å². The van der Waals surface area contributed by atoms with Gasteiger partial charge in [0.05, 0.1) is 17.4 Å². The van der Waals surface area contributed by atoms with Crippen molar-refractivity contribution in [2.24, 2.45) is 0 Å². The van der Waals surface area contributed by atoms with Gasteiger partial charge in [0.2, 0.25) is 0 Å². The Bertz CT molecular complexity index is 572. The number of rotatable bonds is 4. The van der Waals surface area contributed by atoms with E-state index in [0.717, 1.165) is 0 Å². The zero-order valence-electron chi connectivity index (χ0n) is 9.38. The first-order valence-corrected chi connectivity index (χ1v) is 5.20. The molecule has 1 heterocycles. The second-order valence-electron chi connectivity index (χ2n) is 3.38. The largest absolute Gasteiger partial charge is 0.477 e. The van der Waals surface area contributed by atoms with Crippen LogP contribution < -0.4 is 10.1 Å². The first-order chi connectivity index (χ1) is 8.81. The third-order valence-electron chi connectivity index (χ3n) is 2.19. The lowest BCUT2D eigenvalue weighted by Crippen LogP contribution is -2.12. The highest BCUT2D eigenvalue weighted by Gasteiger charge is 2.10. The number of anilines is 1. The van der Waals surface area contributed by atoms with Crippen LogP contribution >= 0.6 is 0 Å². The number of carbonyl (C=O) groups excluding carboxylic acids is 1. The predicted octanol–water partition coefficient (Wildman–Crippen LogP) is 1.56. The van der Waals surface area contributed by atoms with E-state index in [1.54, 1.807) is 24.3 Å². The maximum atomic E-state index is 11.8. The van der Waals surface area contributed by atoms with Crippen LogP contribution in [0.2, 0.25) is 0 Å².